The minimum absolute atomic E-state index is 0.0612. The maximum atomic E-state index is 14.1. The van der Waals surface area contributed by atoms with Gasteiger partial charge in [-0.05, 0) is 49.7 Å². The molecule has 1 fully saturated rings. The van der Waals surface area contributed by atoms with Crippen molar-refractivity contribution in [3.63, 3.8) is 0 Å². The first-order valence-corrected chi connectivity index (χ1v) is 12.0. The number of carbonyl (C=O) groups is 2. The first-order valence-electron chi connectivity index (χ1n) is 11.0. The van der Waals surface area contributed by atoms with Crippen LogP contribution in [0.4, 0.5) is 5.69 Å². The Morgan fingerprint density at radius 3 is 2.55 bits per heavy atom. The molecule has 0 bridgehead atoms. The Balaban J connectivity index is 1.58. The molecule has 2 aliphatic rings. The Morgan fingerprint density at radius 2 is 1.79 bits per heavy atom. The van der Waals surface area contributed by atoms with E-state index in [2.05, 4.69) is 6.07 Å². The van der Waals surface area contributed by atoms with Gasteiger partial charge in [0.2, 0.25) is 0 Å². The third-order valence-electron chi connectivity index (χ3n) is 6.37. The fourth-order valence-electron chi connectivity index (χ4n) is 4.69. The number of benzene rings is 3. The monoisotopic (exact) mass is 458 g/mol. The summed E-state index contributed by atoms with van der Waals surface area (Å²) in [4.78, 5) is 30.3. The van der Waals surface area contributed by atoms with Crippen molar-refractivity contribution in [1.29, 1.82) is 0 Å². The van der Waals surface area contributed by atoms with E-state index in [0.29, 0.717) is 24.4 Å². The second kappa shape index (κ2) is 8.27. The second-order valence-electron chi connectivity index (χ2n) is 8.58. The molecule has 33 heavy (non-hydrogen) atoms. The van der Waals surface area contributed by atoms with Crippen LogP contribution in [0, 0.1) is 13.8 Å². The average Bonchev–Trinajstić information content (AvgIpc) is 3.36. The number of thioether (sulfide) groups is 1. The van der Waals surface area contributed by atoms with Crippen LogP contribution in [0.25, 0.3) is 0 Å². The summed E-state index contributed by atoms with van der Waals surface area (Å²) in [5.74, 6) is 1.30. The molecule has 5 nitrogen and oxygen atoms in total. The van der Waals surface area contributed by atoms with Gasteiger partial charge in [0.25, 0.3) is 11.8 Å². The molecule has 6 heteroatoms. The van der Waals surface area contributed by atoms with E-state index < -0.39 is 4.87 Å². The minimum atomic E-state index is -1.04. The van der Waals surface area contributed by atoms with Gasteiger partial charge in [0.1, 0.15) is 5.75 Å². The smallest absolute Gasteiger partial charge is 0.268 e. The third kappa shape index (κ3) is 3.49. The Labute approximate surface area is 198 Å². The van der Waals surface area contributed by atoms with Crippen LogP contribution < -0.4 is 9.64 Å². The molecule has 1 spiro atoms. The minimum Gasteiger partial charge on any atom is -0.497 e. The zero-order valence-electron chi connectivity index (χ0n) is 19.0. The number of fused-ring (bicyclic) bond motifs is 2. The lowest BCUT2D eigenvalue weighted by molar-refractivity contribution is -0.123. The SMILES string of the molecule is COc1cccc(CN2C(=O)C3(SCCN3C(=O)c3ccc(C)cc3)c3cc(C)ccc32)c1. The van der Waals surface area contributed by atoms with Gasteiger partial charge in [0.05, 0.1) is 19.3 Å². The van der Waals surface area contributed by atoms with Crippen LogP contribution >= 0.6 is 11.8 Å². The van der Waals surface area contributed by atoms with Gasteiger partial charge in [0.15, 0.2) is 4.87 Å². The lowest BCUT2D eigenvalue weighted by Gasteiger charge is -2.33. The molecule has 168 valence electrons. The number of hydrogen-bond acceptors (Lipinski definition) is 4. The number of carbonyl (C=O) groups excluding carboxylic acids is 2. The number of aryl methyl sites for hydroxylation is 2. The lowest BCUT2D eigenvalue weighted by atomic mass is 10.0. The number of nitrogens with zero attached hydrogens (tertiary/aromatic N) is 2. The number of amides is 2. The predicted octanol–water partition coefficient (Wildman–Crippen LogP) is 4.90. The van der Waals surface area contributed by atoms with Gasteiger partial charge in [-0.1, -0.05) is 47.5 Å². The summed E-state index contributed by atoms with van der Waals surface area (Å²) in [6.07, 6.45) is 0. The predicted molar refractivity (Wildman–Crippen MR) is 132 cm³/mol. The molecule has 0 aromatic heterocycles. The van der Waals surface area contributed by atoms with Crippen LogP contribution in [0.5, 0.6) is 5.75 Å². The van der Waals surface area contributed by atoms with E-state index in [0.717, 1.165) is 33.7 Å². The molecule has 1 saturated heterocycles. The first-order chi connectivity index (χ1) is 15.9. The van der Waals surface area contributed by atoms with E-state index >= 15 is 0 Å². The first kappa shape index (κ1) is 21.6. The molecule has 2 aliphatic heterocycles. The van der Waals surface area contributed by atoms with Crippen molar-refractivity contribution >= 4 is 29.3 Å². The molecule has 0 aliphatic carbocycles. The Kier molecular flexibility index (Phi) is 5.41. The number of rotatable bonds is 4. The maximum Gasteiger partial charge on any atom is 0.268 e. The van der Waals surface area contributed by atoms with Crippen molar-refractivity contribution in [2.24, 2.45) is 0 Å². The Bertz CT molecular complexity index is 1240. The molecule has 1 atom stereocenters. The molecule has 0 radical (unpaired) electrons. The maximum absolute atomic E-state index is 14.1. The molecular weight excluding hydrogens is 432 g/mol. The van der Waals surface area contributed by atoms with E-state index in [1.165, 1.54) is 0 Å². The molecule has 3 aromatic carbocycles. The fourth-order valence-corrected chi connectivity index (χ4v) is 6.14. The van der Waals surface area contributed by atoms with Gasteiger partial charge in [-0.2, -0.15) is 0 Å². The number of anilines is 1. The van der Waals surface area contributed by atoms with E-state index in [1.54, 1.807) is 23.8 Å². The quantitative estimate of drug-likeness (QED) is 0.558. The average molecular weight is 459 g/mol. The standard InChI is InChI=1S/C27H26N2O3S/c1-18-7-10-21(11-8-18)25(30)29-13-14-33-27(29)23-15-19(2)9-12-24(23)28(26(27)31)17-20-5-4-6-22(16-20)32-3/h4-12,15-16H,13-14,17H2,1-3H3. The van der Waals surface area contributed by atoms with Crippen molar-refractivity contribution in [3.8, 4) is 5.75 Å². The summed E-state index contributed by atoms with van der Waals surface area (Å²) in [5, 5.41) is 0. The topological polar surface area (TPSA) is 49.9 Å². The normalized spacial score (nSPS) is 19.3. The highest BCUT2D eigenvalue weighted by atomic mass is 32.2. The van der Waals surface area contributed by atoms with Crippen molar-refractivity contribution in [2.45, 2.75) is 25.3 Å². The molecule has 2 amide bonds. The summed E-state index contributed by atoms with van der Waals surface area (Å²) in [5.41, 5.74) is 5.52. The second-order valence-corrected chi connectivity index (χ2v) is 9.87. The Morgan fingerprint density at radius 1 is 1.03 bits per heavy atom. The largest absolute Gasteiger partial charge is 0.497 e. The molecule has 2 heterocycles. The highest BCUT2D eigenvalue weighted by Gasteiger charge is 2.59. The van der Waals surface area contributed by atoms with Gasteiger partial charge in [-0.25, -0.2) is 0 Å². The molecule has 1 unspecified atom stereocenters. The summed E-state index contributed by atoms with van der Waals surface area (Å²) in [7, 11) is 1.64. The zero-order chi connectivity index (χ0) is 23.2. The summed E-state index contributed by atoms with van der Waals surface area (Å²) in [6.45, 7) is 4.97. The van der Waals surface area contributed by atoms with E-state index in [1.807, 2.05) is 79.4 Å². The van der Waals surface area contributed by atoms with E-state index in [-0.39, 0.29) is 11.8 Å². The van der Waals surface area contributed by atoms with Gasteiger partial charge in [-0.3, -0.25) is 9.59 Å². The van der Waals surface area contributed by atoms with Crippen LogP contribution in [0.3, 0.4) is 0 Å². The molecule has 0 N–H and O–H groups in total. The lowest BCUT2D eigenvalue weighted by Crippen LogP contribution is -2.50. The van der Waals surface area contributed by atoms with Gasteiger partial charge in [-0.15, -0.1) is 11.8 Å². The molecule has 0 saturated carbocycles. The van der Waals surface area contributed by atoms with Crippen molar-refractivity contribution < 1.29 is 14.3 Å². The fraction of sp³-hybridized carbons (Fsp3) is 0.259. The van der Waals surface area contributed by atoms with Crippen LogP contribution in [-0.2, 0) is 16.2 Å². The number of hydrogen-bond donors (Lipinski definition) is 0. The van der Waals surface area contributed by atoms with E-state index in [9.17, 15) is 9.59 Å². The molecule has 5 rings (SSSR count). The van der Waals surface area contributed by atoms with Crippen LogP contribution in [0.1, 0.15) is 32.6 Å². The van der Waals surface area contributed by atoms with Gasteiger partial charge >= 0.3 is 0 Å². The highest BCUT2D eigenvalue weighted by molar-refractivity contribution is 8.01. The zero-order valence-corrected chi connectivity index (χ0v) is 19.8. The number of ether oxygens (including phenoxy) is 1. The van der Waals surface area contributed by atoms with Crippen LogP contribution in [0.2, 0.25) is 0 Å². The van der Waals surface area contributed by atoms with Crippen molar-refractivity contribution in [1.82, 2.24) is 4.90 Å². The van der Waals surface area contributed by atoms with E-state index in [4.69, 9.17) is 4.74 Å². The van der Waals surface area contributed by atoms with Crippen molar-refractivity contribution in [2.75, 3.05) is 24.3 Å². The Hall–Kier alpha value is -3.25. The van der Waals surface area contributed by atoms with Crippen LogP contribution in [-0.4, -0.2) is 36.1 Å². The third-order valence-corrected chi connectivity index (χ3v) is 7.79. The molecular formula is C27H26N2O3S. The van der Waals surface area contributed by atoms with Gasteiger partial charge < -0.3 is 14.5 Å². The van der Waals surface area contributed by atoms with Gasteiger partial charge in [0, 0.05) is 23.4 Å². The summed E-state index contributed by atoms with van der Waals surface area (Å²) in [6, 6.07) is 21.4. The van der Waals surface area contributed by atoms with Crippen LogP contribution in [0.15, 0.2) is 66.7 Å². The highest BCUT2D eigenvalue weighted by Crippen LogP contribution is 2.55. The summed E-state index contributed by atoms with van der Waals surface area (Å²) < 4.78 is 5.37. The van der Waals surface area contributed by atoms with Crippen molar-refractivity contribution in [3.05, 3.63) is 94.5 Å². The summed E-state index contributed by atoms with van der Waals surface area (Å²) >= 11 is 1.56. The molecule has 3 aromatic rings. The number of methoxy groups -OCH3 is 1.